The maximum absolute atomic E-state index is 13.4. The number of likely N-dealkylation sites (N-methyl/N-ethyl adjacent to an activating group) is 1. The fraction of sp³-hybridized carbons (Fsp3) is 0.111. The van der Waals surface area contributed by atoms with E-state index in [0.717, 1.165) is 26.7 Å². The van der Waals surface area contributed by atoms with Crippen molar-refractivity contribution in [2.24, 2.45) is 0 Å². The minimum absolute atomic E-state index is 0.178. The van der Waals surface area contributed by atoms with Gasteiger partial charge in [0.1, 0.15) is 18.1 Å². The number of fused-ring (bicyclic) bond motifs is 1. The summed E-state index contributed by atoms with van der Waals surface area (Å²) >= 11 is 15.2. The number of carbonyl (C=O) groups excluding carboxylic acids is 1. The van der Waals surface area contributed by atoms with Crippen molar-refractivity contribution in [3.8, 4) is 5.75 Å². The Morgan fingerprint density at radius 2 is 1.80 bits per heavy atom. The molecule has 1 aliphatic heterocycles. The van der Waals surface area contributed by atoms with E-state index in [2.05, 4.69) is 32.6 Å². The molecule has 0 atom stereocenters. The van der Waals surface area contributed by atoms with Crippen LogP contribution in [-0.2, 0) is 11.3 Å². The number of aromatic nitrogens is 1. The van der Waals surface area contributed by atoms with Crippen LogP contribution >= 0.6 is 39.7 Å². The number of hydrogen-bond donors (Lipinski definition) is 0. The number of hydrogen-bond acceptors (Lipinski definition) is 3. The van der Waals surface area contributed by atoms with Gasteiger partial charge < -0.3 is 14.2 Å². The third kappa shape index (κ3) is 4.72. The van der Waals surface area contributed by atoms with Gasteiger partial charge in [0, 0.05) is 39.2 Å². The SMILES string of the molecule is CN1C(=S)N(c2ccc(Cl)cc2)C(=O)/C1=C/c1cn(CCOc2ccccc2)c2ccc(Br)cc12. The van der Waals surface area contributed by atoms with Crippen molar-refractivity contribution in [2.75, 3.05) is 18.6 Å². The Bertz CT molecular complexity index is 1450. The van der Waals surface area contributed by atoms with E-state index in [-0.39, 0.29) is 5.91 Å². The fourth-order valence-corrected chi connectivity index (χ4v) is 4.87. The fourth-order valence-electron chi connectivity index (χ4n) is 4.10. The molecule has 8 heteroatoms. The first-order valence-corrected chi connectivity index (χ1v) is 12.6. The summed E-state index contributed by atoms with van der Waals surface area (Å²) in [6.07, 6.45) is 3.95. The Labute approximate surface area is 222 Å². The van der Waals surface area contributed by atoms with Crippen LogP contribution in [0, 0.1) is 0 Å². The van der Waals surface area contributed by atoms with E-state index in [1.165, 1.54) is 4.90 Å². The number of halogens is 2. The summed E-state index contributed by atoms with van der Waals surface area (Å²) in [5.74, 6) is 0.658. The van der Waals surface area contributed by atoms with Gasteiger partial charge in [0.25, 0.3) is 5.91 Å². The predicted octanol–water partition coefficient (Wildman–Crippen LogP) is 6.74. The zero-order chi connectivity index (χ0) is 24.5. The minimum atomic E-state index is -0.178. The molecule has 4 aromatic rings. The van der Waals surface area contributed by atoms with Crippen LogP contribution in [0.25, 0.3) is 17.0 Å². The number of benzene rings is 3. The quantitative estimate of drug-likeness (QED) is 0.191. The summed E-state index contributed by atoms with van der Waals surface area (Å²) in [5, 5.41) is 2.05. The number of rotatable bonds is 6. The molecule has 3 aromatic carbocycles. The van der Waals surface area contributed by atoms with E-state index in [1.807, 2.05) is 55.7 Å². The molecule has 1 aliphatic rings. The molecular weight excluding hydrogens is 546 g/mol. The number of nitrogens with zero attached hydrogens (tertiary/aromatic N) is 3. The molecule has 5 rings (SSSR count). The van der Waals surface area contributed by atoms with Crippen LogP contribution in [0.4, 0.5) is 5.69 Å². The van der Waals surface area contributed by atoms with Crippen LogP contribution in [-0.4, -0.2) is 34.1 Å². The van der Waals surface area contributed by atoms with Gasteiger partial charge in [-0.15, -0.1) is 0 Å². The summed E-state index contributed by atoms with van der Waals surface area (Å²) in [7, 11) is 1.81. The predicted molar refractivity (Wildman–Crippen MR) is 149 cm³/mol. The molecule has 0 bridgehead atoms. The van der Waals surface area contributed by atoms with E-state index in [9.17, 15) is 4.79 Å². The minimum Gasteiger partial charge on any atom is -0.492 e. The molecule has 176 valence electrons. The second-order valence-electron chi connectivity index (χ2n) is 8.09. The number of amides is 1. The standard InChI is InChI=1S/C27H21BrClN3O2S/c1-30-25(26(33)32(27(30)35)21-10-8-20(29)9-11-21)15-18-17-31(24-12-7-19(28)16-23(18)24)13-14-34-22-5-3-2-4-6-22/h2-12,15-17H,13-14H2,1H3/b25-15-. The lowest BCUT2D eigenvalue weighted by Gasteiger charge is -2.16. The number of carbonyl (C=O) groups is 1. The maximum Gasteiger partial charge on any atom is 0.281 e. The van der Waals surface area contributed by atoms with Gasteiger partial charge in [-0.2, -0.15) is 0 Å². The van der Waals surface area contributed by atoms with E-state index in [1.54, 1.807) is 29.2 Å². The van der Waals surface area contributed by atoms with E-state index >= 15 is 0 Å². The monoisotopic (exact) mass is 565 g/mol. The van der Waals surface area contributed by atoms with Crippen LogP contribution < -0.4 is 9.64 Å². The Morgan fingerprint density at radius 1 is 1.06 bits per heavy atom. The molecule has 35 heavy (non-hydrogen) atoms. The third-order valence-corrected chi connectivity index (χ3v) is 7.06. The van der Waals surface area contributed by atoms with Gasteiger partial charge >= 0.3 is 0 Å². The van der Waals surface area contributed by atoms with E-state index in [4.69, 9.17) is 28.6 Å². The molecule has 5 nitrogen and oxygen atoms in total. The van der Waals surface area contributed by atoms with Crippen LogP contribution in [0.2, 0.25) is 5.02 Å². The second kappa shape index (κ2) is 9.85. The molecule has 0 unspecified atom stereocenters. The highest BCUT2D eigenvalue weighted by atomic mass is 79.9. The zero-order valence-electron chi connectivity index (χ0n) is 18.8. The van der Waals surface area contributed by atoms with Crippen molar-refractivity contribution in [1.29, 1.82) is 0 Å². The van der Waals surface area contributed by atoms with Gasteiger partial charge in [-0.25, -0.2) is 0 Å². The molecule has 1 fully saturated rings. The van der Waals surface area contributed by atoms with Crippen LogP contribution in [0.15, 0.2) is 89.2 Å². The highest BCUT2D eigenvalue weighted by molar-refractivity contribution is 9.10. The van der Waals surface area contributed by atoms with Crippen molar-refractivity contribution >= 4 is 73.4 Å². The third-order valence-electron chi connectivity index (χ3n) is 5.86. The highest BCUT2D eigenvalue weighted by Crippen LogP contribution is 2.32. The Morgan fingerprint density at radius 3 is 2.54 bits per heavy atom. The molecular formula is C27H21BrClN3O2S. The highest BCUT2D eigenvalue weighted by Gasteiger charge is 2.37. The maximum atomic E-state index is 13.4. The molecule has 1 saturated heterocycles. The van der Waals surface area contributed by atoms with Crippen LogP contribution in [0.3, 0.4) is 0 Å². The Balaban J connectivity index is 1.47. The average Bonchev–Trinajstić information content (AvgIpc) is 3.29. The van der Waals surface area contributed by atoms with Crippen molar-refractivity contribution in [1.82, 2.24) is 9.47 Å². The van der Waals surface area contributed by atoms with Gasteiger partial charge in [-0.1, -0.05) is 45.7 Å². The number of ether oxygens (including phenoxy) is 1. The first kappa shape index (κ1) is 23.6. The van der Waals surface area contributed by atoms with Gasteiger partial charge in [-0.3, -0.25) is 9.69 Å². The molecule has 2 heterocycles. The molecule has 1 amide bonds. The van der Waals surface area contributed by atoms with Crippen molar-refractivity contribution in [3.05, 3.63) is 99.7 Å². The van der Waals surface area contributed by atoms with Gasteiger partial charge in [-0.05, 0) is 72.9 Å². The molecule has 1 aromatic heterocycles. The van der Waals surface area contributed by atoms with Gasteiger partial charge in [0.05, 0.1) is 12.2 Å². The largest absolute Gasteiger partial charge is 0.492 e. The normalized spacial score (nSPS) is 15.0. The summed E-state index contributed by atoms with van der Waals surface area (Å²) in [4.78, 5) is 16.7. The topological polar surface area (TPSA) is 37.7 Å². The van der Waals surface area contributed by atoms with Crippen LogP contribution in [0.1, 0.15) is 5.56 Å². The average molecular weight is 567 g/mol. The molecule has 0 saturated carbocycles. The lowest BCUT2D eigenvalue weighted by molar-refractivity contribution is -0.114. The Hall–Kier alpha value is -3.13. The first-order valence-electron chi connectivity index (χ1n) is 11.0. The lowest BCUT2D eigenvalue weighted by Crippen LogP contribution is -2.31. The lowest BCUT2D eigenvalue weighted by atomic mass is 10.1. The van der Waals surface area contributed by atoms with E-state index < -0.39 is 0 Å². The zero-order valence-corrected chi connectivity index (χ0v) is 22.0. The summed E-state index contributed by atoms with van der Waals surface area (Å²) in [5.41, 5.74) is 3.17. The van der Waals surface area contributed by atoms with Crippen molar-refractivity contribution < 1.29 is 9.53 Å². The molecule has 0 N–H and O–H groups in total. The number of para-hydroxylation sites is 1. The van der Waals surface area contributed by atoms with Crippen LogP contribution in [0.5, 0.6) is 5.75 Å². The molecule has 0 aliphatic carbocycles. The Kier molecular flexibility index (Phi) is 6.65. The first-order chi connectivity index (χ1) is 16.9. The summed E-state index contributed by atoms with van der Waals surface area (Å²) in [6.45, 7) is 1.18. The number of anilines is 1. The van der Waals surface area contributed by atoms with Gasteiger partial charge in [0.15, 0.2) is 5.11 Å². The second-order valence-corrected chi connectivity index (χ2v) is 9.81. The number of thiocarbonyl (C=S) groups is 1. The van der Waals surface area contributed by atoms with E-state index in [0.29, 0.717) is 34.7 Å². The summed E-state index contributed by atoms with van der Waals surface area (Å²) < 4.78 is 9.01. The van der Waals surface area contributed by atoms with Crippen molar-refractivity contribution in [3.63, 3.8) is 0 Å². The smallest absolute Gasteiger partial charge is 0.281 e. The summed E-state index contributed by atoms with van der Waals surface area (Å²) in [6, 6.07) is 23.0. The van der Waals surface area contributed by atoms with Gasteiger partial charge in [0.2, 0.25) is 0 Å². The molecule has 0 radical (unpaired) electrons. The van der Waals surface area contributed by atoms with Crippen molar-refractivity contribution in [2.45, 2.75) is 6.54 Å². The molecule has 0 spiro atoms.